The van der Waals surface area contributed by atoms with E-state index in [0.717, 1.165) is 10.9 Å². The van der Waals surface area contributed by atoms with Gasteiger partial charge in [0.25, 0.3) is 10.5 Å². The minimum Gasteiger partial charge on any atom is -0.506 e. The zero-order valence-electron chi connectivity index (χ0n) is 16.2. The van der Waals surface area contributed by atoms with Crippen molar-refractivity contribution in [2.24, 2.45) is 0 Å². The number of hydrogen-bond donors (Lipinski definition) is 1. The van der Waals surface area contributed by atoms with E-state index in [0.29, 0.717) is 38.5 Å². The molecule has 0 bridgehead atoms. The van der Waals surface area contributed by atoms with Crippen LogP contribution in [0.15, 0.2) is 65.6 Å². The Morgan fingerprint density at radius 1 is 1.07 bits per heavy atom. The molecule has 8 heteroatoms. The van der Waals surface area contributed by atoms with Crippen molar-refractivity contribution in [3.05, 3.63) is 81.6 Å². The van der Waals surface area contributed by atoms with Crippen LogP contribution >= 0.6 is 0 Å². The first-order valence-electron chi connectivity index (χ1n) is 9.26. The molecule has 148 valence electrons. The molecule has 1 N–H and O–H groups in total. The van der Waals surface area contributed by atoms with Gasteiger partial charge in [0.05, 0.1) is 22.2 Å². The van der Waals surface area contributed by atoms with Crippen LogP contribution in [0.2, 0.25) is 0 Å². The summed E-state index contributed by atoms with van der Waals surface area (Å²) >= 11 is 0. The maximum atomic E-state index is 13.6. The predicted octanol–water partition coefficient (Wildman–Crippen LogP) is 3.78. The van der Waals surface area contributed by atoms with Gasteiger partial charge in [-0.2, -0.15) is 0 Å². The number of imidazole rings is 1. The van der Waals surface area contributed by atoms with Crippen molar-refractivity contribution in [3.8, 4) is 11.4 Å². The fourth-order valence-electron chi connectivity index (χ4n) is 3.85. The second kappa shape index (κ2) is 6.41. The molecule has 0 aliphatic rings. The van der Waals surface area contributed by atoms with Crippen LogP contribution in [0.1, 0.15) is 5.56 Å². The van der Waals surface area contributed by atoms with E-state index < -0.39 is 0 Å². The number of aryl methyl sites for hydroxylation is 1. The molecule has 8 nitrogen and oxygen atoms in total. The number of aromatic hydroxyl groups is 1. The summed E-state index contributed by atoms with van der Waals surface area (Å²) in [5.74, 6) is 0.0584. The average Bonchev–Trinajstić information content (AvgIpc) is 3.12. The molecule has 3 aromatic heterocycles. The number of hydrogen-bond acceptors (Lipinski definition) is 5. The highest BCUT2D eigenvalue weighted by atomic mass is 16.8. The SMILES string of the molecule is CO[N+](=O)c1ccc(-n2c(=O)c3cccc(C)c3c3nc4ccc(O)cn4c32)cc1. The van der Waals surface area contributed by atoms with Crippen molar-refractivity contribution in [2.45, 2.75) is 6.92 Å². The summed E-state index contributed by atoms with van der Waals surface area (Å²) in [6.07, 6.45) is 1.53. The van der Waals surface area contributed by atoms with Gasteiger partial charge in [0.15, 0.2) is 12.8 Å². The molecule has 0 aliphatic heterocycles. The van der Waals surface area contributed by atoms with Gasteiger partial charge in [-0.05, 0) is 42.8 Å². The summed E-state index contributed by atoms with van der Waals surface area (Å²) in [7, 11) is 1.28. The highest BCUT2D eigenvalue weighted by Gasteiger charge is 2.20. The van der Waals surface area contributed by atoms with E-state index in [9.17, 15) is 14.8 Å². The summed E-state index contributed by atoms with van der Waals surface area (Å²) in [5.41, 5.74) is 3.38. The van der Waals surface area contributed by atoms with Gasteiger partial charge in [0, 0.05) is 17.5 Å². The fraction of sp³-hybridized carbons (Fsp3) is 0.0909. The summed E-state index contributed by atoms with van der Waals surface area (Å²) < 4.78 is 3.24. The van der Waals surface area contributed by atoms with E-state index in [4.69, 9.17) is 4.98 Å². The minimum absolute atomic E-state index is 0.0584. The Kier molecular flexibility index (Phi) is 3.82. The molecule has 30 heavy (non-hydrogen) atoms. The Morgan fingerprint density at radius 2 is 1.83 bits per heavy atom. The van der Waals surface area contributed by atoms with Crippen molar-refractivity contribution in [1.82, 2.24) is 14.0 Å². The van der Waals surface area contributed by atoms with E-state index in [-0.39, 0.29) is 11.3 Å². The third-order valence-electron chi connectivity index (χ3n) is 5.22. The average molecular weight is 401 g/mol. The van der Waals surface area contributed by atoms with Crippen molar-refractivity contribution >= 4 is 33.3 Å². The molecule has 0 aliphatic carbocycles. The fourth-order valence-corrected chi connectivity index (χ4v) is 3.85. The first kappa shape index (κ1) is 17.9. The highest BCUT2D eigenvalue weighted by Crippen LogP contribution is 2.29. The minimum atomic E-state index is -0.218. The lowest BCUT2D eigenvalue weighted by Crippen LogP contribution is -2.20. The Balaban J connectivity index is 1.96. The number of benzene rings is 2. The van der Waals surface area contributed by atoms with E-state index in [1.54, 1.807) is 51.4 Å². The van der Waals surface area contributed by atoms with Crippen LogP contribution in [-0.4, -0.2) is 31.1 Å². The largest absolute Gasteiger partial charge is 0.506 e. The summed E-state index contributed by atoms with van der Waals surface area (Å²) in [4.78, 5) is 35.1. The van der Waals surface area contributed by atoms with Gasteiger partial charge in [0.1, 0.15) is 16.9 Å². The normalized spacial score (nSPS) is 11.4. The molecule has 5 rings (SSSR count). The maximum absolute atomic E-state index is 13.6. The molecule has 0 atom stereocenters. The molecule has 0 fully saturated rings. The summed E-state index contributed by atoms with van der Waals surface area (Å²) in [6, 6.07) is 15.3. The molecule has 3 heterocycles. The van der Waals surface area contributed by atoms with E-state index >= 15 is 0 Å². The quantitative estimate of drug-likeness (QED) is 0.465. The maximum Gasteiger partial charge on any atom is 0.316 e. The van der Waals surface area contributed by atoms with Gasteiger partial charge in [-0.1, -0.05) is 12.1 Å². The zero-order chi connectivity index (χ0) is 21.0. The third kappa shape index (κ3) is 2.47. The summed E-state index contributed by atoms with van der Waals surface area (Å²) in [6.45, 7) is 1.94. The lowest BCUT2D eigenvalue weighted by Gasteiger charge is -2.12. The molecule has 2 aromatic carbocycles. The van der Waals surface area contributed by atoms with Crippen LogP contribution in [0.3, 0.4) is 0 Å². The van der Waals surface area contributed by atoms with Gasteiger partial charge >= 0.3 is 5.69 Å². The van der Waals surface area contributed by atoms with Gasteiger partial charge in [-0.15, -0.1) is 0 Å². The van der Waals surface area contributed by atoms with Crippen molar-refractivity contribution < 1.29 is 14.9 Å². The standard InChI is InChI=1S/C22H16N4O4/c1-13-4-3-5-17-19(13)20-21(24-12-16(27)10-11-18(24)23-20)25(22(17)28)14-6-8-15(9-7-14)26(29)30-2/h3-12H,1-2H3/p+1. The summed E-state index contributed by atoms with van der Waals surface area (Å²) in [5, 5.41) is 11.4. The van der Waals surface area contributed by atoms with Crippen LogP contribution in [0.25, 0.3) is 33.3 Å². The van der Waals surface area contributed by atoms with Gasteiger partial charge in [-0.25, -0.2) is 9.82 Å². The third-order valence-corrected chi connectivity index (χ3v) is 5.22. The van der Waals surface area contributed by atoms with E-state index in [1.165, 1.54) is 13.3 Å². The second-order valence-electron chi connectivity index (χ2n) is 6.99. The molecule has 0 spiro atoms. The molecular weight excluding hydrogens is 384 g/mol. The molecule has 0 saturated carbocycles. The second-order valence-corrected chi connectivity index (χ2v) is 6.99. The Labute approximate surface area is 169 Å². The number of fused-ring (bicyclic) bond motifs is 5. The lowest BCUT2D eigenvalue weighted by atomic mass is 10.1. The Morgan fingerprint density at radius 3 is 2.57 bits per heavy atom. The van der Waals surface area contributed by atoms with E-state index in [2.05, 4.69) is 4.84 Å². The first-order chi connectivity index (χ1) is 14.5. The number of rotatable bonds is 3. The van der Waals surface area contributed by atoms with Crippen molar-refractivity contribution in [1.29, 1.82) is 0 Å². The smallest absolute Gasteiger partial charge is 0.316 e. The molecule has 0 amide bonds. The van der Waals surface area contributed by atoms with Crippen LogP contribution in [0.5, 0.6) is 5.75 Å². The lowest BCUT2D eigenvalue weighted by molar-refractivity contribution is -0.736. The molecule has 0 unspecified atom stereocenters. The Hall–Kier alpha value is -4.20. The van der Waals surface area contributed by atoms with Crippen molar-refractivity contribution in [2.75, 3.05) is 7.11 Å². The molecule has 5 aromatic rings. The highest BCUT2D eigenvalue weighted by molar-refractivity contribution is 6.06. The van der Waals surface area contributed by atoms with Crippen LogP contribution < -0.4 is 5.56 Å². The molecule has 0 radical (unpaired) electrons. The monoisotopic (exact) mass is 401 g/mol. The number of pyridine rings is 2. The van der Waals surface area contributed by atoms with Gasteiger partial charge < -0.3 is 5.11 Å². The van der Waals surface area contributed by atoms with Crippen LogP contribution in [0, 0.1) is 11.8 Å². The topological polar surface area (TPSA) is 88.8 Å². The number of aromatic nitrogens is 3. The van der Waals surface area contributed by atoms with E-state index in [1.807, 2.05) is 19.1 Å². The Bertz CT molecular complexity index is 1530. The van der Waals surface area contributed by atoms with Crippen LogP contribution in [0.4, 0.5) is 5.69 Å². The first-order valence-corrected chi connectivity index (χ1v) is 9.26. The predicted molar refractivity (Wildman–Crippen MR) is 112 cm³/mol. The van der Waals surface area contributed by atoms with Crippen LogP contribution in [-0.2, 0) is 4.84 Å². The van der Waals surface area contributed by atoms with Gasteiger partial charge in [-0.3, -0.25) is 13.8 Å². The molecule has 0 saturated heterocycles. The molecular formula is C22H17N4O4+. The van der Waals surface area contributed by atoms with Crippen molar-refractivity contribution in [3.63, 3.8) is 0 Å². The number of nitrogens with zero attached hydrogens (tertiary/aromatic N) is 4. The van der Waals surface area contributed by atoms with Gasteiger partial charge in [0.2, 0.25) is 0 Å². The zero-order valence-corrected chi connectivity index (χ0v) is 16.2.